The molecule has 0 fully saturated rings. The molecule has 0 bridgehead atoms. The molecule has 1 atom stereocenters. The van der Waals surface area contributed by atoms with Crippen molar-refractivity contribution in [1.82, 2.24) is 0 Å². The molecule has 0 spiro atoms. The molecular formula is C14H20N2O3. The van der Waals surface area contributed by atoms with Gasteiger partial charge in [-0.05, 0) is 37.5 Å². The topological polar surface area (TPSA) is 92.4 Å². The summed E-state index contributed by atoms with van der Waals surface area (Å²) in [6.07, 6.45) is 0. The van der Waals surface area contributed by atoms with Gasteiger partial charge in [0.05, 0.1) is 11.1 Å². The molecular weight excluding hydrogens is 244 g/mol. The zero-order valence-electron chi connectivity index (χ0n) is 11.7. The number of carboxylic acids is 1. The number of nitrogens with one attached hydrogen (secondary N) is 1. The second-order valence-electron chi connectivity index (χ2n) is 5.06. The Morgan fingerprint density at radius 2 is 1.79 bits per heavy atom. The maximum Gasteiger partial charge on any atom is 0.336 e. The van der Waals surface area contributed by atoms with Gasteiger partial charge in [0, 0.05) is 11.7 Å². The number of primary amides is 1. The van der Waals surface area contributed by atoms with Crippen molar-refractivity contribution in [3.63, 3.8) is 0 Å². The predicted molar refractivity (Wildman–Crippen MR) is 74.6 cm³/mol. The summed E-state index contributed by atoms with van der Waals surface area (Å²) < 4.78 is 0. The van der Waals surface area contributed by atoms with Gasteiger partial charge >= 0.3 is 5.97 Å². The van der Waals surface area contributed by atoms with Crippen LogP contribution < -0.4 is 11.1 Å². The Morgan fingerprint density at radius 3 is 2.21 bits per heavy atom. The Balaban J connectivity index is 3.29. The van der Waals surface area contributed by atoms with Crippen LogP contribution in [0.15, 0.2) is 12.1 Å². The smallest absolute Gasteiger partial charge is 0.336 e. The average Bonchev–Trinajstić information content (AvgIpc) is 2.29. The zero-order chi connectivity index (χ0) is 14.7. The van der Waals surface area contributed by atoms with Crippen molar-refractivity contribution in [2.75, 3.05) is 5.32 Å². The van der Waals surface area contributed by atoms with Gasteiger partial charge in [-0.2, -0.15) is 0 Å². The Morgan fingerprint density at radius 1 is 1.21 bits per heavy atom. The highest BCUT2D eigenvalue weighted by Crippen LogP contribution is 2.23. The Bertz CT molecular complexity index is 510. The Kier molecular flexibility index (Phi) is 4.53. The molecule has 0 aromatic heterocycles. The number of amides is 1. The summed E-state index contributed by atoms with van der Waals surface area (Å²) >= 11 is 0. The van der Waals surface area contributed by atoms with Crippen LogP contribution in [0.5, 0.6) is 0 Å². The molecule has 0 aliphatic rings. The third-order valence-corrected chi connectivity index (χ3v) is 3.24. The summed E-state index contributed by atoms with van der Waals surface area (Å²) in [5.74, 6) is -1.25. The molecule has 1 aromatic rings. The first-order chi connectivity index (χ1) is 8.73. The summed E-state index contributed by atoms with van der Waals surface area (Å²) in [5, 5.41) is 12.3. The molecule has 1 rings (SSSR count). The van der Waals surface area contributed by atoms with E-state index in [1.54, 1.807) is 6.92 Å². The van der Waals surface area contributed by atoms with Crippen LogP contribution in [0.1, 0.15) is 47.1 Å². The molecule has 1 amide bonds. The minimum atomic E-state index is -1.02. The molecule has 1 unspecified atom stereocenters. The van der Waals surface area contributed by atoms with Crippen LogP contribution >= 0.6 is 0 Å². The van der Waals surface area contributed by atoms with E-state index in [1.807, 2.05) is 20.8 Å². The highest BCUT2D eigenvalue weighted by atomic mass is 16.4. The summed E-state index contributed by atoms with van der Waals surface area (Å²) in [7, 11) is 0. The van der Waals surface area contributed by atoms with Crippen LogP contribution in [0.25, 0.3) is 0 Å². The maximum absolute atomic E-state index is 11.4. The fraction of sp³-hybridized carbons (Fsp3) is 0.429. The summed E-state index contributed by atoms with van der Waals surface area (Å²) in [6.45, 7) is 7.68. The fourth-order valence-electron chi connectivity index (χ4n) is 1.67. The van der Waals surface area contributed by atoms with Gasteiger partial charge in [-0.25, -0.2) is 4.79 Å². The van der Waals surface area contributed by atoms with E-state index in [4.69, 9.17) is 10.8 Å². The molecule has 0 aliphatic heterocycles. The minimum absolute atomic E-state index is 0.0995. The lowest BCUT2D eigenvalue weighted by Gasteiger charge is -2.21. The normalized spacial score (nSPS) is 12.3. The lowest BCUT2D eigenvalue weighted by atomic mass is 10.00. The minimum Gasteiger partial charge on any atom is -0.478 e. The van der Waals surface area contributed by atoms with E-state index in [1.165, 1.54) is 12.1 Å². The molecule has 0 heterocycles. The molecule has 0 saturated heterocycles. The monoisotopic (exact) mass is 264 g/mol. The molecule has 0 aliphatic carbocycles. The van der Waals surface area contributed by atoms with Gasteiger partial charge < -0.3 is 16.2 Å². The number of carboxylic acid groups (broad SMARTS) is 1. The number of nitrogens with two attached hydrogens (primary N) is 1. The zero-order valence-corrected chi connectivity index (χ0v) is 11.7. The first-order valence-electron chi connectivity index (χ1n) is 6.18. The summed E-state index contributed by atoms with van der Waals surface area (Å²) in [5.41, 5.74) is 6.81. The van der Waals surface area contributed by atoms with Crippen LogP contribution in [0.2, 0.25) is 0 Å². The predicted octanol–water partition coefficient (Wildman–Crippen LogP) is 2.25. The Labute approximate surface area is 112 Å². The number of benzene rings is 1. The number of hydrogen-bond donors (Lipinski definition) is 3. The SMILES string of the molecule is Cc1cc(C(N)=O)c(NC(C)C(C)C)cc1C(=O)O. The van der Waals surface area contributed by atoms with Gasteiger partial charge in [0.25, 0.3) is 5.91 Å². The second kappa shape index (κ2) is 5.73. The van der Waals surface area contributed by atoms with Crippen molar-refractivity contribution >= 4 is 17.6 Å². The van der Waals surface area contributed by atoms with Gasteiger partial charge in [-0.15, -0.1) is 0 Å². The second-order valence-corrected chi connectivity index (χ2v) is 5.06. The molecule has 5 nitrogen and oxygen atoms in total. The van der Waals surface area contributed by atoms with Gasteiger partial charge in [-0.3, -0.25) is 4.79 Å². The van der Waals surface area contributed by atoms with Gasteiger partial charge in [-0.1, -0.05) is 13.8 Å². The van der Waals surface area contributed by atoms with Crippen molar-refractivity contribution < 1.29 is 14.7 Å². The number of rotatable bonds is 5. The largest absolute Gasteiger partial charge is 0.478 e. The number of carbonyl (C=O) groups excluding carboxylic acids is 1. The highest BCUT2D eigenvalue weighted by Gasteiger charge is 2.17. The average molecular weight is 264 g/mol. The van der Waals surface area contributed by atoms with Crippen molar-refractivity contribution in [2.24, 2.45) is 11.7 Å². The quantitative estimate of drug-likeness (QED) is 0.760. The van der Waals surface area contributed by atoms with E-state index >= 15 is 0 Å². The fourth-order valence-corrected chi connectivity index (χ4v) is 1.67. The van der Waals surface area contributed by atoms with E-state index in [0.29, 0.717) is 22.7 Å². The molecule has 104 valence electrons. The van der Waals surface area contributed by atoms with Crippen molar-refractivity contribution in [3.8, 4) is 0 Å². The van der Waals surface area contributed by atoms with Crippen molar-refractivity contribution in [1.29, 1.82) is 0 Å². The van der Waals surface area contributed by atoms with E-state index in [-0.39, 0.29) is 11.6 Å². The van der Waals surface area contributed by atoms with Crippen LogP contribution in [-0.2, 0) is 0 Å². The summed E-state index contributed by atoms with van der Waals surface area (Å²) in [4.78, 5) is 22.6. The molecule has 0 saturated carbocycles. The molecule has 5 heteroatoms. The van der Waals surface area contributed by atoms with Gasteiger partial charge in [0.15, 0.2) is 0 Å². The lowest BCUT2D eigenvalue weighted by Crippen LogP contribution is -2.24. The Hall–Kier alpha value is -2.04. The van der Waals surface area contributed by atoms with E-state index in [2.05, 4.69) is 5.32 Å². The number of carbonyl (C=O) groups is 2. The van der Waals surface area contributed by atoms with E-state index in [9.17, 15) is 9.59 Å². The first kappa shape index (κ1) is 15.0. The summed E-state index contributed by atoms with van der Waals surface area (Å²) in [6, 6.07) is 3.08. The van der Waals surface area contributed by atoms with Crippen molar-refractivity contribution in [2.45, 2.75) is 33.7 Å². The number of anilines is 1. The molecule has 4 N–H and O–H groups in total. The number of hydrogen-bond acceptors (Lipinski definition) is 3. The van der Waals surface area contributed by atoms with E-state index < -0.39 is 11.9 Å². The van der Waals surface area contributed by atoms with Crippen LogP contribution in [-0.4, -0.2) is 23.0 Å². The molecule has 0 radical (unpaired) electrons. The van der Waals surface area contributed by atoms with Crippen molar-refractivity contribution in [3.05, 3.63) is 28.8 Å². The third kappa shape index (κ3) is 3.47. The third-order valence-electron chi connectivity index (χ3n) is 3.24. The molecule has 1 aromatic carbocycles. The molecule has 19 heavy (non-hydrogen) atoms. The lowest BCUT2D eigenvalue weighted by molar-refractivity contribution is 0.0695. The van der Waals surface area contributed by atoms with E-state index in [0.717, 1.165) is 0 Å². The first-order valence-corrected chi connectivity index (χ1v) is 6.18. The van der Waals surface area contributed by atoms with Crippen LogP contribution in [0.3, 0.4) is 0 Å². The van der Waals surface area contributed by atoms with Crippen LogP contribution in [0.4, 0.5) is 5.69 Å². The maximum atomic E-state index is 11.4. The van der Waals surface area contributed by atoms with Gasteiger partial charge in [0.2, 0.25) is 0 Å². The number of aryl methyl sites for hydroxylation is 1. The standard InChI is InChI=1S/C14H20N2O3/c1-7(2)9(4)16-12-6-10(14(18)19)8(3)5-11(12)13(15)17/h5-7,9,16H,1-4H3,(H2,15,17)(H,18,19). The van der Waals surface area contributed by atoms with Crippen LogP contribution in [0, 0.1) is 12.8 Å². The van der Waals surface area contributed by atoms with Gasteiger partial charge in [0.1, 0.15) is 0 Å². The number of aromatic carboxylic acids is 1. The highest BCUT2D eigenvalue weighted by molar-refractivity contribution is 6.01.